The van der Waals surface area contributed by atoms with Crippen molar-refractivity contribution < 1.29 is 23.4 Å². The summed E-state index contributed by atoms with van der Waals surface area (Å²) in [5.41, 5.74) is 3.26. The summed E-state index contributed by atoms with van der Waals surface area (Å²) in [4.78, 5) is 25.6. The highest BCUT2D eigenvalue weighted by molar-refractivity contribution is 5.89. The van der Waals surface area contributed by atoms with E-state index in [0.29, 0.717) is 33.6 Å². The lowest BCUT2D eigenvalue weighted by atomic mass is 10.1. The molecule has 1 aromatic heterocycles. The zero-order valence-electron chi connectivity index (χ0n) is 20.3. The monoisotopic (exact) mass is 472 g/mol. The van der Waals surface area contributed by atoms with Crippen molar-refractivity contribution >= 4 is 16.9 Å². The van der Waals surface area contributed by atoms with Crippen LogP contribution in [0.2, 0.25) is 0 Å². The third kappa shape index (κ3) is 5.38. The van der Waals surface area contributed by atoms with Gasteiger partial charge in [-0.3, -0.25) is 4.79 Å². The van der Waals surface area contributed by atoms with Gasteiger partial charge in [-0.15, -0.1) is 0 Å². The Labute approximate surface area is 204 Å². The molecule has 0 saturated heterocycles. The highest BCUT2D eigenvalue weighted by Crippen LogP contribution is 2.32. The Morgan fingerprint density at radius 1 is 0.943 bits per heavy atom. The smallest absolute Gasteiger partial charge is 0.338 e. The number of methoxy groups -OCH3 is 1. The van der Waals surface area contributed by atoms with Crippen molar-refractivity contribution in [2.24, 2.45) is 0 Å². The normalized spacial score (nSPS) is 11.0. The van der Waals surface area contributed by atoms with Crippen LogP contribution in [-0.2, 0) is 17.8 Å². The first-order chi connectivity index (χ1) is 16.9. The fourth-order valence-corrected chi connectivity index (χ4v) is 3.68. The van der Waals surface area contributed by atoms with Crippen LogP contribution in [-0.4, -0.2) is 19.2 Å². The zero-order chi connectivity index (χ0) is 24.9. The van der Waals surface area contributed by atoms with Gasteiger partial charge in [-0.1, -0.05) is 25.1 Å². The van der Waals surface area contributed by atoms with Crippen LogP contribution >= 0.6 is 0 Å². The molecule has 3 aromatic carbocycles. The maximum absolute atomic E-state index is 13.5. The van der Waals surface area contributed by atoms with Crippen molar-refractivity contribution in [2.45, 2.75) is 39.9 Å². The first kappa shape index (κ1) is 24.1. The first-order valence-electron chi connectivity index (χ1n) is 11.6. The largest absolute Gasteiger partial charge is 0.497 e. The summed E-state index contributed by atoms with van der Waals surface area (Å²) in [5.74, 6) is 0.810. The summed E-state index contributed by atoms with van der Waals surface area (Å²) in [6.07, 6.45) is 0.611. The molecule has 4 rings (SSSR count). The van der Waals surface area contributed by atoms with Crippen molar-refractivity contribution in [3.63, 3.8) is 0 Å². The van der Waals surface area contributed by atoms with E-state index in [1.165, 1.54) is 0 Å². The molecule has 0 amide bonds. The second kappa shape index (κ2) is 10.5. The van der Waals surface area contributed by atoms with Gasteiger partial charge in [0, 0.05) is 5.56 Å². The van der Waals surface area contributed by atoms with Crippen LogP contribution in [0, 0.1) is 0 Å². The van der Waals surface area contributed by atoms with E-state index in [-0.39, 0.29) is 29.9 Å². The third-order valence-corrected chi connectivity index (χ3v) is 5.59. The second-order valence-electron chi connectivity index (χ2n) is 8.44. The topological polar surface area (TPSA) is 75.0 Å². The molecule has 0 fully saturated rings. The lowest BCUT2D eigenvalue weighted by Gasteiger charge is -2.13. The SMILES string of the molecule is CCc1ccc2oc(-c3ccc(OC)cc3)c(OCc3ccc(C(=O)OC(C)C)cc3)c(=O)c2c1. The fourth-order valence-electron chi connectivity index (χ4n) is 3.68. The lowest BCUT2D eigenvalue weighted by molar-refractivity contribution is 0.0378. The van der Waals surface area contributed by atoms with E-state index in [0.717, 1.165) is 17.5 Å². The highest BCUT2D eigenvalue weighted by Gasteiger charge is 2.19. The number of hydrogen-bond donors (Lipinski definition) is 0. The van der Waals surface area contributed by atoms with E-state index in [1.54, 1.807) is 57.4 Å². The predicted octanol–water partition coefficient (Wildman–Crippen LogP) is 6.18. The van der Waals surface area contributed by atoms with Crippen molar-refractivity contribution in [1.82, 2.24) is 0 Å². The van der Waals surface area contributed by atoms with Crippen molar-refractivity contribution in [1.29, 1.82) is 0 Å². The molecule has 0 aliphatic carbocycles. The van der Waals surface area contributed by atoms with Crippen LogP contribution in [0.25, 0.3) is 22.3 Å². The summed E-state index contributed by atoms with van der Waals surface area (Å²) in [5, 5.41) is 0.475. The molecule has 0 N–H and O–H groups in total. The number of carbonyl (C=O) groups is 1. The second-order valence-corrected chi connectivity index (χ2v) is 8.44. The maximum atomic E-state index is 13.5. The quantitative estimate of drug-likeness (QED) is 0.285. The van der Waals surface area contributed by atoms with Gasteiger partial charge in [-0.25, -0.2) is 4.79 Å². The van der Waals surface area contributed by atoms with Gasteiger partial charge < -0.3 is 18.6 Å². The Morgan fingerprint density at radius 2 is 1.63 bits per heavy atom. The molecule has 0 radical (unpaired) electrons. The molecule has 0 unspecified atom stereocenters. The number of carbonyl (C=O) groups excluding carboxylic acids is 1. The molecule has 0 spiro atoms. The number of benzene rings is 3. The highest BCUT2D eigenvalue weighted by atomic mass is 16.5. The molecule has 6 heteroatoms. The zero-order valence-corrected chi connectivity index (χ0v) is 20.3. The van der Waals surface area contributed by atoms with E-state index in [2.05, 4.69) is 0 Å². The van der Waals surface area contributed by atoms with Gasteiger partial charge in [0.2, 0.25) is 11.2 Å². The Morgan fingerprint density at radius 3 is 2.26 bits per heavy atom. The molecule has 0 aliphatic rings. The molecule has 6 nitrogen and oxygen atoms in total. The van der Waals surface area contributed by atoms with Crippen molar-refractivity contribution in [2.75, 3.05) is 7.11 Å². The van der Waals surface area contributed by atoms with Gasteiger partial charge in [0.15, 0.2) is 5.76 Å². The number of esters is 1. The summed E-state index contributed by atoms with van der Waals surface area (Å²) in [7, 11) is 1.60. The van der Waals surface area contributed by atoms with Crippen LogP contribution < -0.4 is 14.9 Å². The fraction of sp³-hybridized carbons (Fsp3) is 0.241. The number of ether oxygens (including phenoxy) is 3. The van der Waals surface area contributed by atoms with Crippen molar-refractivity contribution in [3.8, 4) is 22.8 Å². The first-order valence-corrected chi connectivity index (χ1v) is 11.6. The Balaban J connectivity index is 1.69. The minimum absolute atomic E-state index is 0.131. The Bertz CT molecular complexity index is 1380. The van der Waals surface area contributed by atoms with Crippen molar-refractivity contribution in [3.05, 3.63) is 93.6 Å². The van der Waals surface area contributed by atoms with Crippen LogP contribution in [0.3, 0.4) is 0 Å². The molecule has 35 heavy (non-hydrogen) atoms. The molecule has 0 aliphatic heterocycles. The molecule has 0 atom stereocenters. The summed E-state index contributed by atoms with van der Waals surface area (Å²) < 4.78 is 22.7. The molecule has 180 valence electrons. The summed E-state index contributed by atoms with van der Waals surface area (Å²) in [6, 6.07) is 19.8. The Kier molecular flexibility index (Phi) is 7.20. The third-order valence-electron chi connectivity index (χ3n) is 5.59. The van der Waals surface area contributed by atoms with E-state index < -0.39 is 0 Å². The van der Waals surface area contributed by atoms with E-state index in [4.69, 9.17) is 18.6 Å². The van der Waals surface area contributed by atoms with Gasteiger partial charge in [0.25, 0.3) is 0 Å². The minimum Gasteiger partial charge on any atom is -0.497 e. The molecule has 1 heterocycles. The minimum atomic E-state index is -0.379. The van der Waals surface area contributed by atoms with E-state index >= 15 is 0 Å². The lowest BCUT2D eigenvalue weighted by Crippen LogP contribution is -2.12. The molecule has 4 aromatic rings. The Hall–Kier alpha value is -4.06. The number of rotatable bonds is 8. The van der Waals surface area contributed by atoms with Crippen LogP contribution in [0.5, 0.6) is 11.5 Å². The van der Waals surface area contributed by atoms with Crippen LogP contribution in [0.15, 0.2) is 75.9 Å². The molecule has 0 saturated carbocycles. The van der Waals surface area contributed by atoms with Crippen LogP contribution in [0.1, 0.15) is 42.3 Å². The predicted molar refractivity (Wildman–Crippen MR) is 135 cm³/mol. The summed E-state index contributed by atoms with van der Waals surface area (Å²) in [6.45, 7) is 5.77. The standard InChI is InChI=1S/C29H28O6/c1-5-19-8-15-25-24(16-19)26(30)28(27(35-25)21-11-13-23(32-4)14-12-21)33-17-20-6-9-22(10-7-20)29(31)34-18(2)3/h6-16,18H,5,17H2,1-4H3. The van der Waals surface area contributed by atoms with Gasteiger partial charge in [0.05, 0.1) is 24.2 Å². The number of fused-ring (bicyclic) bond motifs is 1. The molecular formula is C29H28O6. The number of aryl methyl sites for hydroxylation is 1. The average Bonchev–Trinajstić information content (AvgIpc) is 2.87. The molecule has 0 bridgehead atoms. The summed E-state index contributed by atoms with van der Waals surface area (Å²) >= 11 is 0. The number of hydrogen-bond acceptors (Lipinski definition) is 6. The molecular weight excluding hydrogens is 444 g/mol. The van der Waals surface area contributed by atoms with Gasteiger partial charge in [-0.2, -0.15) is 0 Å². The average molecular weight is 473 g/mol. The van der Waals surface area contributed by atoms with Gasteiger partial charge in [0.1, 0.15) is 17.9 Å². The van der Waals surface area contributed by atoms with E-state index in [1.807, 2.05) is 37.3 Å². The van der Waals surface area contributed by atoms with Crippen LogP contribution in [0.4, 0.5) is 0 Å². The maximum Gasteiger partial charge on any atom is 0.338 e. The van der Waals surface area contributed by atoms with E-state index in [9.17, 15) is 9.59 Å². The van der Waals surface area contributed by atoms with Gasteiger partial charge in [-0.05, 0) is 79.9 Å². The van der Waals surface area contributed by atoms with Gasteiger partial charge >= 0.3 is 5.97 Å².